The van der Waals surface area contributed by atoms with Crippen molar-refractivity contribution in [2.24, 2.45) is 0 Å². The van der Waals surface area contributed by atoms with Gasteiger partial charge in [0.25, 0.3) is 5.56 Å². The van der Waals surface area contributed by atoms with Crippen LogP contribution >= 0.6 is 23.1 Å². The SMILES string of the molecule is COCCNCCNC(=O)C(C)SCc1nc2sc(C)c(C)c2c(=O)[nH]1. The molecule has 0 aliphatic carbocycles. The van der Waals surface area contributed by atoms with Crippen molar-refractivity contribution < 1.29 is 9.53 Å². The van der Waals surface area contributed by atoms with Gasteiger partial charge >= 0.3 is 0 Å². The number of hydrogen-bond acceptors (Lipinski definition) is 7. The van der Waals surface area contributed by atoms with Crippen molar-refractivity contribution in [3.8, 4) is 0 Å². The van der Waals surface area contributed by atoms with E-state index in [0.717, 1.165) is 21.8 Å². The Hall–Kier alpha value is -1.42. The van der Waals surface area contributed by atoms with Gasteiger partial charge in [0, 0.05) is 31.6 Å². The minimum atomic E-state index is -0.221. The lowest BCUT2D eigenvalue weighted by Crippen LogP contribution is -2.36. The van der Waals surface area contributed by atoms with Gasteiger partial charge in [-0.05, 0) is 26.3 Å². The second-order valence-electron chi connectivity index (χ2n) is 5.96. The highest BCUT2D eigenvalue weighted by Crippen LogP contribution is 2.26. The number of ether oxygens (including phenoxy) is 1. The minimum Gasteiger partial charge on any atom is -0.383 e. The lowest BCUT2D eigenvalue weighted by Gasteiger charge is -2.12. The summed E-state index contributed by atoms with van der Waals surface area (Å²) in [5.74, 6) is 1.08. The van der Waals surface area contributed by atoms with E-state index in [4.69, 9.17) is 4.74 Å². The summed E-state index contributed by atoms with van der Waals surface area (Å²) in [6.45, 7) is 8.48. The molecule has 1 unspecified atom stereocenters. The maximum Gasteiger partial charge on any atom is 0.259 e. The molecule has 2 aromatic heterocycles. The summed E-state index contributed by atoms with van der Waals surface area (Å²) >= 11 is 2.99. The molecule has 0 radical (unpaired) electrons. The van der Waals surface area contributed by atoms with Crippen LogP contribution in [0.15, 0.2) is 4.79 Å². The van der Waals surface area contributed by atoms with E-state index in [2.05, 4.69) is 20.6 Å². The second-order valence-corrected chi connectivity index (χ2v) is 8.50. The molecule has 2 rings (SSSR count). The van der Waals surface area contributed by atoms with Crippen LogP contribution in [0.25, 0.3) is 10.2 Å². The molecule has 0 aliphatic heterocycles. The van der Waals surface area contributed by atoms with Crippen LogP contribution in [-0.2, 0) is 15.3 Å². The number of hydrogen-bond donors (Lipinski definition) is 3. The lowest BCUT2D eigenvalue weighted by atomic mass is 10.2. The number of rotatable bonds is 10. The summed E-state index contributed by atoms with van der Waals surface area (Å²) in [5.41, 5.74) is 0.886. The Morgan fingerprint density at radius 3 is 2.85 bits per heavy atom. The Kier molecular flexibility index (Phi) is 8.08. The van der Waals surface area contributed by atoms with Gasteiger partial charge in [0.1, 0.15) is 10.7 Å². The van der Waals surface area contributed by atoms with E-state index in [1.807, 2.05) is 20.8 Å². The normalized spacial score (nSPS) is 12.5. The number of fused-ring (bicyclic) bond motifs is 1. The van der Waals surface area contributed by atoms with Crippen LogP contribution in [0.2, 0.25) is 0 Å². The Labute approximate surface area is 161 Å². The third kappa shape index (κ3) is 5.54. The molecule has 0 aromatic carbocycles. The first-order chi connectivity index (χ1) is 12.4. The number of H-pyrrole nitrogens is 1. The summed E-state index contributed by atoms with van der Waals surface area (Å²) < 4.78 is 4.94. The van der Waals surface area contributed by atoms with Gasteiger partial charge in [0.2, 0.25) is 5.91 Å². The first kappa shape index (κ1) is 20.9. The highest BCUT2D eigenvalue weighted by atomic mass is 32.2. The Morgan fingerprint density at radius 1 is 1.35 bits per heavy atom. The van der Waals surface area contributed by atoms with Crippen LogP contribution in [0.4, 0.5) is 0 Å². The summed E-state index contributed by atoms with van der Waals surface area (Å²) in [4.78, 5) is 33.6. The zero-order valence-electron chi connectivity index (χ0n) is 15.6. The molecule has 0 spiro atoms. The van der Waals surface area contributed by atoms with Crippen molar-refractivity contribution >= 4 is 39.2 Å². The average Bonchev–Trinajstić information content (AvgIpc) is 2.90. The van der Waals surface area contributed by atoms with Gasteiger partial charge in [-0.2, -0.15) is 0 Å². The molecule has 0 fully saturated rings. The smallest absolute Gasteiger partial charge is 0.259 e. The number of thioether (sulfide) groups is 1. The van der Waals surface area contributed by atoms with Crippen LogP contribution in [0.3, 0.4) is 0 Å². The molecule has 3 N–H and O–H groups in total. The second kappa shape index (κ2) is 10.1. The van der Waals surface area contributed by atoms with Gasteiger partial charge in [-0.25, -0.2) is 4.98 Å². The van der Waals surface area contributed by atoms with Gasteiger partial charge in [-0.3, -0.25) is 9.59 Å². The molecule has 7 nitrogen and oxygen atoms in total. The Bertz CT molecular complexity index is 803. The number of carbonyl (C=O) groups excluding carboxylic acids is 1. The van der Waals surface area contributed by atoms with Gasteiger partial charge in [0.05, 0.1) is 23.0 Å². The van der Waals surface area contributed by atoms with Crippen molar-refractivity contribution in [3.05, 3.63) is 26.6 Å². The van der Waals surface area contributed by atoms with Crippen LogP contribution < -0.4 is 16.2 Å². The Balaban J connectivity index is 1.83. The zero-order chi connectivity index (χ0) is 19.1. The number of aromatic nitrogens is 2. The van der Waals surface area contributed by atoms with Crippen molar-refractivity contribution in [1.82, 2.24) is 20.6 Å². The van der Waals surface area contributed by atoms with Crippen LogP contribution in [0, 0.1) is 13.8 Å². The molecule has 1 amide bonds. The number of carbonyl (C=O) groups is 1. The van der Waals surface area contributed by atoms with E-state index in [-0.39, 0.29) is 16.7 Å². The van der Waals surface area contributed by atoms with Gasteiger partial charge < -0.3 is 20.4 Å². The first-order valence-electron chi connectivity index (χ1n) is 8.52. The lowest BCUT2D eigenvalue weighted by molar-refractivity contribution is -0.120. The average molecular weight is 399 g/mol. The largest absolute Gasteiger partial charge is 0.383 e. The third-order valence-corrected chi connectivity index (χ3v) is 6.27. The fourth-order valence-corrected chi connectivity index (χ4v) is 4.19. The fraction of sp³-hybridized carbons (Fsp3) is 0.588. The summed E-state index contributed by atoms with van der Waals surface area (Å²) in [6.07, 6.45) is 0. The number of amides is 1. The molecule has 0 bridgehead atoms. The molecule has 0 aliphatic rings. The molecular weight excluding hydrogens is 372 g/mol. The molecule has 0 saturated carbocycles. The topological polar surface area (TPSA) is 96.1 Å². The van der Waals surface area contributed by atoms with E-state index in [1.54, 1.807) is 7.11 Å². The van der Waals surface area contributed by atoms with Crippen molar-refractivity contribution in [1.29, 1.82) is 0 Å². The number of thiophene rings is 1. The Morgan fingerprint density at radius 2 is 2.12 bits per heavy atom. The quantitative estimate of drug-likeness (QED) is 0.526. The number of aryl methyl sites for hydroxylation is 2. The predicted octanol–water partition coefficient (Wildman–Crippen LogP) is 1.58. The van der Waals surface area contributed by atoms with Crippen LogP contribution in [-0.4, -0.2) is 54.5 Å². The number of nitrogens with one attached hydrogen (secondary N) is 3. The number of methoxy groups -OCH3 is 1. The zero-order valence-corrected chi connectivity index (χ0v) is 17.2. The van der Waals surface area contributed by atoms with Crippen molar-refractivity contribution in [3.63, 3.8) is 0 Å². The van der Waals surface area contributed by atoms with Crippen molar-refractivity contribution in [2.45, 2.75) is 31.8 Å². The molecule has 9 heteroatoms. The maximum atomic E-state index is 12.3. The van der Waals surface area contributed by atoms with E-state index in [0.29, 0.717) is 36.7 Å². The maximum absolute atomic E-state index is 12.3. The molecule has 26 heavy (non-hydrogen) atoms. The van der Waals surface area contributed by atoms with E-state index in [1.165, 1.54) is 23.1 Å². The van der Waals surface area contributed by atoms with E-state index < -0.39 is 0 Å². The van der Waals surface area contributed by atoms with E-state index >= 15 is 0 Å². The summed E-state index contributed by atoms with van der Waals surface area (Å²) in [6, 6.07) is 0. The number of aromatic amines is 1. The van der Waals surface area contributed by atoms with Gasteiger partial charge in [-0.1, -0.05) is 0 Å². The van der Waals surface area contributed by atoms with Gasteiger partial charge in [0.15, 0.2) is 0 Å². The molecule has 2 heterocycles. The third-order valence-electron chi connectivity index (χ3n) is 4.01. The highest BCUT2D eigenvalue weighted by molar-refractivity contribution is 7.99. The summed E-state index contributed by atoms with van der Waals surface area (Å²) in [5, 5.41) is 6.52. The molecule has 0 saturated heterocycles. The van der Waals surface area contributed by atoms with Crippen LogP contribution in [0.5, 0.6) is 0 Å². The molecule has 2 aromatic rings. The standard InChI is InChI=1S/C17H26N4O3S2/c1-10-11(2)26-17-14(10)16(23)20-13(21-17)9-25-12(3)15(22)19-6-5-18-7-8-24-4/h12,18H,5-9H2,1-4H3,(H,19,22)(H,20,21,23). The monoisotopic (exact) mass is 398 g/mol. The fourth-order valence-electron chi connectivity index (χ4n) is 2.36. The summed E-state index contributed by atoms with van der Waals surface area (Å²) in [7, 11) is 1.66. The molecule has 144 valence electrons. The van der Waals surface area contributed by atoms with E-state index in [9.17, 15) is 9.59 Å². The van der Waals surface area contributed by atoms with Gasteiger partial charge in [-0.15, -0.1) is 23.1 Å². The highest BCUT2D eigenvalue weighted by Gasteiger charge is 2.15. The first-order valence-corrected chi connectivity index (χ1v) is 10.4. The molecule has 1 atom stereocenters. The minimum absolute atomic E-state index is 0.0187. The predicted molar refractivity (Wildman–Crippen MR) is 108 cm³/mol. The number of nitrogens with zero attached hydrogens (tertiary/aromatic N) is 1. The van der Waals surface area contributed by atoms with Crippen molar-refractivity contribution in [2.75, 3.05) is 33.4 Å². The molecular formula is C17H26N4O3S2. The van der Waals surface area contributed by atoms with Crippen LogP contribution in [0.1, 0.15) is 23.2 Å².